The summed E-state index contributed by atoms with van der Waals surface area (Å²) in [5.41, 5.74) is 0. The van der Waals surface area contributed by atoms with Crippen LogP contribution in [0.2, 0.25) is 0 Å². The standard InChI is InChI=1S/2Cs.Mo.4O/q2*+1;;4*-2. The maximum absolute atomic E-state index is 0. The van der Waals surface area contributed by atoms with Crippen LogP contribution in [-0.4, -0.2) is 0 Å². The first-order valence-corrected chi connectivity index (χ1v) is 0. The second-order valence-corrected chi connectivity index (χ2v) is 0. The van der Waals surface area contributed by atoms with Crippen LogP contribution in [0.15, 0.2) is 0 Å². The molecule has 7 heavy (non-hydrogen) atoms. The average molecular weight is 426 g/mol. The zero-order valence-corrected chi connectivity index (χ0v) is 18.6. The first-order valence-electron chi connectivity index (χ1n) is 0. The fourth-order valence-corrected chi connectivity index (χ4v) is 0. The second-order valence-electron chi connectivity index (χ2n) is 0. The van der Waals surface area contributed by atoms with E-state index in [1.165, 1.54) is 0 Å². The van der Waals surface area contributed by atoms with E-state index in [0.29, 0.717) is 0 Å². The summed E-state index contributed by atoms with van der Waals surface area (Å²) in [5.74, 6) is 0. The quantitative estimate of drug-likeness (QED) is 0.344. The van der Waals surface area contributed by atoms with E-state index in [4.69, 9.17) is 0 Å². The van der Waals surface area contributed by atoms with E-state index >= 15 is 0 Å². The monoisotopic (exact) mass is 428 g/mol. The summed E-state index contributed by atoms with van der Waals surface area (Å²) in [4.78, 5) is 0. The van der Waals surface area contributed by atoms with Crippen molar-refractivity contribution in [2.24, 2.45) is 0 Å². The zero-order valence-electron chi connectivity index (χ0n) is 4.04. The van der Waals surface area contributed by atoms with Crippen LogP contribution in [0.5, 0.6) is 0 Å². The van der Waals surface area contributed by atoms with Crippen LogP contribution >= 0.6 is 0 Å². The smallest absolute Gasteiger partial charge is 1.00 e. The molecular formula is Cs2MoO4-6. The van der Waals surface area contributed by atoms with Gasteiger partial charge in [0, 0.05) is 21.1 Å². The molecule has 0 amide bonds. The summed E-state index contributed by atoms with van der Waals surface area (Å²) >= 11 is 0. The fraction of sp³-hybridized carbons (Fsp3) is 0. The summed E-state index contributed by atoms with van der Waals surface area (Å²) in [5, 5.41) is 0. The largest absolute Gasteiger partial charge is 2.00 e. The molecule has 38 valence electrons. The molecule has 0 heterocycles. The van der Waals surface area contributed by atoms with Gasteiger partial charge in [-0.15, -0.1) is 0 Å². The van der Waals surface area contributed by atoms with Crippen LogP contribution < -0.4 is 138 Å². The minimum absolute atomic E-state index is 0. The Morgan fingerprint density at radius 2 is 0.429 bits per heavy atom. The Morgan fingerprint density at radius 3 is 0.429 bits per heavy atom. The second kappa shape index (κ2) is 46.0. The van der Waals surface area contributed by atoms with Gasteiger partial charge < -0.3 is 21.9 Å². The minimum Gasteiger partial charge on any atom is -2.00 e. The van der Waals surface area contributed by atoms with Crippen LogP contribution in [0.25, 0.3) is 0 Å². The molecule has 0 aromatic rings. The Balaban J connectivity index is 0. The minimum atomic E-state index is 0. The normalized spacial score (nSPS) is 0. The van der Waals surface area contributed by atoms with Crippen molar-refractivity contribution in [3.05, 3.63) is 0 Å². The maximum atomic E-state index is 0. The van der Waals surface area contributed by atoms with Gasteiger partial charge in [0.25, 0.3) is 0 Å². The maximum Gasteiger partial charge on any atom is 1.00 e. The van der Waals surface area contributed by atoms with Gasteiger partial charge in [0.1, 0.15) is 0 Å². The predicted molar refractivity (Wildman–Crippen MR) is 2.75 cm³/mol. The molecular weight excluding hydrogens is 426 g/mol. The summed E-state index contributed by atoms with van der Waals surface area (Å²) in [6.45, 7) is 0. The molecule has 0 spiro atoms. The van der Waals surface area contributed by atoms with Crippen molar-refractivity contribution in [3.8, 4) is 0 Å². The van der Waals surface area contributed by atoms with E-state index in [2.05, 4.69) is 0 Å². The average Bonchev–Trinajstić information content (AvgIpc) is 0. The van der Waals surface area contributed by atoms with Gasteiger partial charge in [-0.1, -0.05) is 0 Å². The molecule has 0 aliphatic heterocycles. The van der Waals surface area contributed by atoms with Gasteiger partial charge in [0.15, 0.2) is 0 Å². The Hall–Kier alpha value is 4.63. The molecule has 0 aromatic carbocycles. The molecule has 0 aliphatic rings. The summed E-state index contributed by atoms with van der Waals surface area (Å²) in [6.07, 6.45) is 0. The van der Waals surface area contributed by atoms with Gasteiger partial charge in [-0.2, -0.15) is 0 Å². The van der Waals surface area contributed by atoms with E-state index in [1.807, 2.05) is 0 Å². The van der Waals surface area contributed by atoms with Crippen molar-refractivity contribution < 1.29 is 181 Å². The Kier molecular flexibility index (Phi) is 402. The summed E-state index contributed by atoms with van der Waals surface area (Å²) in [6, 6.07) is 0. The van der Waals surface area contributed by atoms with E-state index in [9.17, 15) is 0 Å². The zero-order chi connectivity index (χ0) is 0. The molecule has 0 unspecified atom stereocenters. The molecule has 0 rings (SSSR count). The Morgan fingerprint density at radius 1 is 0.429 bits per heavy atom. The number of hydrogen-bond acceptors (Lipinski definition) is 0. The van der Waals surface area contributed by atoms with Crippen molar-refractivity contribution in [1.29, 1.82) is 0 Å². The summed E-state index contributed by atoms with van der Waals surface area (Å²) < 4.78 is 0. The van der Waals surface area contributed by atoms with Gasteiger partial charge in [-0.05, 0) is 0 Å². The van der Waals surface area contributed by atoms with Crippen LogP contribution in [0.1, 0.15) is 0 Å². The van der Waals surface area contributed by atoms with Gasteiger partial charge >= 0.3 is 138 Å². The summed E-state index contributed by atoms with van der Waals surface area (Å²) in [7, 11) is 0. The van der Waals surface area contributed by atoms with Crippen LogP contribution in [0.3, 0.4) is 0 Å². The fourth-order valence-electron chi connectivity index (χ4n) is 0. The van der Waals surface area contributed by atoms with Gasteiger partial charge in [-0.3, -0.25) is 0 Å². The van der Waals surface area contributed by atoms with Crippen LogP contribution in [0, 0.1) is 0 Å². The first-order chi connectivity index (χ1) is 0. The molecule has 0 radical (unpaired) electrons. The molecule has 0 saturated carbocycles. The van der Waals surface area contributed by atoms with Crippen molar-refractivity contribution in [3.63, 3.8) is 0 Å². The molecule has 0 bridgehead atoms. The predicted octanol–water partition coefficient (Wildman–Crippen LogP) is -6.47. The van der Waals surface area contributed by atoms with Crippen LogP contribution in [0.4, 0.5) is 0 Å². The van der Waals surface area contributed by atoms with Gasteiger partial charge in [0.2, 0.25) is 0 Å². The molecule has 0 fully saturated rings. The molecule has 7 heteroatoms. The topological polar surface area (TPSA) is 114 Å². The van der Waals surface area contributed by atoms with Crippen molar-refractivity contribution in [1.82, 2.24) is 0 Å². The van der Waals surface area contributed by atoms with Gasteiger partial charge in [-0.25, -0.2) is 0 Å². The number of rotatable bonds is 0. The Labute approximate surface area is 174 Å². The molecule has 0 N–H and O–H groups in total. The molecule has 0 atom stereocenters. The molecule has 0 aromatic heterocycles. The van der Waals surface area contributed by atoms with E-state index < -0.39 is 0 Å². The Bertz CT molecular complexity index is 9.65. The van der Waals surface area contributed by atoms with Crippen molar-refractivity contribution >= 4 is 0 Å². The van der Waals surface area contributed by atoms with Crippen molar-refractivity contribution in [2.75, 3.05) is 0 Å². The molecule has 4 nitrogen and oxygen atoms in total. The van der Waals surface area contributed by atoms with E-state index in [1.54, 1.807) is 0 Å². The SMILES string of the molecule is [Cs+].[Cs+].[Mo].[O-2].[O-2].[O-2].[O-2]. The molecule has 0 aliphatic carbocycles. The third-order valence-electron chi connectivity index (χ3n) is 0. The van der Waals surface area contributed by atoms with E-state index in [0.717, 1.165) is 0 Å². The molecule has 0 saturated heterocycles. The van der Waals surface area contributed by atoms with Crippen molar-refractivity contribution in [2.45, 2.75) is 0 Å². The third kappa shape index (κ3) is 36.9. The van der Waals surface area contributed by atoms with E-state index in [-0.39, 0.29) is 181 Å². The number of hydrogen-bond donors (Lipinski definition) is 0. The van der Waals surface area contributed by atoms with Gasteiger partial charge in [0.05, 0.1) is 0 Å². The van der Waals surface area contributed by atoms with Crippen LogP contribution in [-0.2, 0) is 43.0 Å². The first kappa shape index (κ1) is 61.3. The third-order valence-corrected chi connectivity index (χ3v) is 0.